The Labute approximate surface area is 182 Å². The largest absolute Gasteiger partial charge is 0.481 e. The molecule has 2 aliphatic heterocycles. The fourth-order valence-corrected chi connectivity index (χ4v) is 3.52. The first kappa shape index (κ1) is 23.2. The van der Waals surface area contributed by atoms with Gasteiger partial charge in [0.2, 0.25) is 0 Å². The summed E-state index contributed by atoms with van der Waals surface area (Å²) in [7, 11) is 0. The van der Waals surface area contributed by atoms with Gasteiger partial charge in [-0.2, -0.15) is 0 Å². The van der Waals surface area contributed by atoms with E-state index in [9.17, 15) is 4.79 Å². The number of halogens is 2. The molecule has 0 aromatic carbocycles. The summed E-state index contributed by atoms with van der Waals surface area (Å²) < 4.78 is 11.0. The van der Waals surface area contributed by atoms with Crippen molar-refractivity contribution in [1.82, 2.24) is 9.97 Å². The molecule has 0 fully saturated rings. The molecule has 156 valence electrons. The molecule has 7 heteroatoms. The van der Waals surface area contributed by atoms with E-state index in [1.54, 1.807) is 18.2 Å². The van der Waals surface area contributed by atoms with Crippen LogP contribution in [0.15, 0.2) is 30.8 Å². The minimum atomic E-state index is -0.614. The van der Waals surface area contributed by atoms with Crippen molar-refractivity contribution < 1.29 is 14.3 Å². The van der Waals surface area contributed by atoms with E-state index in [0.717, 1.165) is 17.7 Å². The van der Waals surface area contributed by atoms with E-state index in [1.807, 2.05) is 26.8 Å². The Morgan fingerprint density at radius 3 is 1.86 bits per heavy atom. The second kappa shape index (κ2) is 8.33. The summed E-state index contributed by atoms with van der Waals surface area (Å²) in [6.45, 7) is 11.7. The van der Waals surface area contributed by atoms with Crippen LogP contribution in [-0.2, 0) is 20.7 Å². The molecule has 0 saturated heterocycles. The Morgan fingerprint density at radius 2 is 1.34 bits per heavy atom. The van der Waals surface area contributed by atoms with Crippen LogP contribution in [0.3, 0.4) is 0 Å². The van der Waals surface area contributed by atoms with Gasteiger partial charge >= 0.3 is 5.97 Å². The van der Waals surface area contributed by atoms with Crippen LogP contribution in [0.4, 0.5) is 0 Å². The molecule has 2 aromatic heterocycles. The number of ether oxygens (including phenoxy) is 2. The average Bonchev–Trinajstić information content (AvgIpc) is 3.06. The number of pyridine rings is 2. The summed E-state index contributed by atoms with van der Waals surface area (Å²) in [6.07, 6.45) is 1.55. The molecular weight excluding hydrogens is 411 g/mol. The smallest absolute Gasteiger partial charge is 0.341 e. The van der Waals surface area contributed by atoms with Gasteiger partial charge in [-0.3, -0.25) is 0 Å². The molecule has 0 aliphatic carbocycles. The van der Waals surface area contributed by atoms with Crippen LogP contribution >= 0.6 is 23.2 Å². The zero-order valence-electron chi connectivity index (χ0n) is 16.3. The Balaban J connectivity index is 0.000000200. The third-order valence-electron chi connectivity index (χ3n) is 5.26. The Morgan fingerprint density at radius 1 is 0.897 bits per heavy atom. The number of aromatic nitrogens is 2. The second-order valence-corrected chi connectivity index (χ2v) is 7.92. The summed E-state index contributed by atoms with van der Waals surface area (Å²) in [5.74, 6) is 0.377. The van der Waals surface area contributed by atoms with E-state index in [1.165, 1.54) is 0 Å². The first-order valence-electron chi connectivity index (χ1n) is 9.09. The van der Waals surface area contributed by atoms with E-state index in [2.05, 4.69) is 23.5 Å². The highest BCUT2D eigenvalue weighted by Gasteiger charge is 2.42. The highest BCUT2D eigenvalue weighted by atomic mass is 35.5. The van der Waals surface area contributed by atoms with Gasteiger partial charge in [0.05, 0.1) is 11.3 Å². The van der Waals surface area contributed by atoms with Crippen LogP contribution in [0, 0.1) is 0 Å². The fraction of sp³-hybridized carbons (Fsp3) is 0.409. The highest BCUT2D eigenvalue weighted by Crippen LogP contribution is 2.43. The lowest BCUT2D eigenvalue weighted by Gasteiger charge is -2.21. The summed E-state index contributed by atoms with van der Waals surface area (Å²) in [5.41, 5.74) is 2.07. The van der Waals surface area contributed by atoms with E-state index >= 15 is 0 Å². The van der Waals surface area contributed by atoms with Gasteiger partial charge in [0.15, 0.2) is 5.60 Å². The van der Waals surface area contributed by atoms with E-state index in [-0.39, 0.29) is 19.0 Å². The van der Waals surface area contributed by atoms with Crippen LogP contribution in [0.1, 0.15) is 75.3 Å². The number of cyclic esters (lactones) is 1. The number of nitrogens with zero attached hydrogens (tertiary/aromatic N) is 2. The van der Waals surface area contributed by atoms with Gasteiger partial charge in [-0.05, 0) is 51.0 Å². The molecule has 0 unspecified atom stereocenters. The van der Waals surface area contributed by atoms with Crippen molar-refractivity contribution in [3.8, 4) is 0 Å². The average molecular weight is 437 g/mol. The number of carbonyl (C=O) groups excluding carboxylic acids is 1. The predicted octanol–water partition coefficient (Wildman–Crippen LogP) is 6.53. The molecule has 2 atom stereocenters. The lowest BCUT2D eigenvalue weighted by Crippen LogP contribution is -2.21. The Bertz CT molecular complexity index is 886. The maximum absolute atomic E-state index is 11.4. The molecule has 4 rings (SSSR count). The van der Waals surface area contributed by atoms with Crippen LogP contribution in [0.25, 0.3) is 5.76 Å². The summed E-state index contributed by atoms with van der Waals surface area (Å²) in [5, 5.41) is 0.892. The maximum atomic E-state index is 11.4. The third-order valence-corrected chi connectivity index (χ3v) is 5.68. The second-order valence-electron chi connectivity index (χ2n) is 7.14. The number of hydrogen-bond acceptors (Lipinski definition) is 5. The summed E-state index contributed by atoms with van der Waals surface area (Å²) in [4.78, 5) is 19.9. The summed E-state index contributed by atoms with van der Waals surface area (Å²) >= 11 is 11.6. The maximum Gasteiger partial charge on any atom is 0.341 e. The Kier molecular flexibility index (Phi) is 6.65. The minimum absolute atomic E-state index is 0. The number of esters is 1. The zero-order valence-corrected chi connectivity index (χ0v) is 17.8. The molecule has 29 heavy (non-hydrogen) atoms. The standard InChI is InChI=1S/C11H12ClNO.C10H10ClNO2.CH4/c1-4-11(3)10-8(7(2)14-11)5-6-9(12)13-10;1-3-10(2)8-6(9(13)14-10)4-5-7(11)12-8;/h5-6H,2,4H2,1,3H3;4-5H,3H2,1-2H3;1H4/t11-;10-;/m10./s1. The normalized spacial score (nSPS) is 23.8. The van der Waals surface area contributed by atoms with Gasteiger partial charge in [0.1, 0.15) is 27.4 Å². The molecule has 5 nitrogen and oxygen atoms in total. The molecule has 0 saturated carbocycles. The highest BCUT2D eigenvalue weighted by molar-refractivity contribution is 6.29. The molecule has 2 aliphatic rings. The molecule has 0 spiro atoms. The molecule has 0 bridgehead atoms. The van der Waals surface area contributed by atoms with Gasteiger partial charge in [0, 0.05) is 5.56 Å². The predicted molar refractivity (Wildman–Crippen MR) is 116 cm³/mol. The number of carbonyl (C=O) groups is 1. The van der Waals surface area contributed by atoms with Crippen molar-refractivity contribution >= 4 is 34.9 Å². The number of fused-ring (bicyclic) bond motifs is 2. The van der Waals surface area contributed by atoms with Gasteiger partial charge in [-0.15, -0.1) is 0 Å². The van der Waals surface area contributed by atoms with Gasteiger partial charge in [-0.1, -0.05) is 51.1 Å². The zero-order chi connectivity index (χ0) is 20.7. The van der Waals surface area contributed by atoms with Crippen molar-refractivity contribution in [1.29, 1.82) is 0 Å². The van der Waals surface area contributed by atoms with Crippen molar-refractivity contribution in [3.05, 3.63) is 63.7 Å². The molecule has 0 radical (unpaired) electrons. The molecule has 0 amide bonds. The lowest BCUT2D eigenvalue weighted by molar-refractivity contribution is -0.00223. The number of rotatable bonds is 2. The SMILES string of the molecule is C.C=C1O[C@](C)(CC)c2nc(Cl)ccc21.CC[C@]1(C)OC(=O)c2ccc(Cl)nc21. The lowest BCUT2D eigenvalue weighted by atomic mass is 9.97. The van der Waals surface area contributed by atoms with Gasteiger partial charge in [0.25, 0.3) is 0 Å². The van der Waals surface area contributed by atoms with Crippen molar-refractivity contribution in [2.75, 3.05) is 0 Å². The first-order chi connectivity index (χ1) is 13.1. The summed E-state index contributed by atoms with van der Waals surface area (Å²) in [6, 6.07) is 6.93. The van der Waals surface area contributed by atoms with E-state index < -0.39 is 5.60 Å². The van der Waals surface area contributed by atoms with E-state index in [4.69, 9.17) is 32.7 Å². The first-order valence-corrected chi connectivity index (χ1v) is 9.85. The monoisotopic (exact) mass is 436 g/mol. The van der Waals surface area contributed by atoms with Crippen LogP contribution in [0.5, 0.6) is 0 Å². The quantitative estimate of drug-likeness (QED) is 0.395. The fourth-order valence-electron chi connectivity index (χ4n) is 3.23. The van der Waals surface area contributed by atoms with Crippen LogP contribution in [-0.4, -0.2) is 15.9 Å². The third kappa shape index (κ3) is 4.12. The van der Waals surface area contributed by atoms with Crippen molar-refractivity contribution in [2.45, 2.75) is 59.2 Å². The number of hydrogen-bond donors (Lipinski definition) is 0. The molecular formula is C22H26Cl2N2O3. The van der Waals surface area contributed by atoms with Crippen molar-refractivity contribution in [2.24, 2.45) is 0 Å². The molecule has 2 aromatic rings. The molecule has 0 N–H and O–H groups in total. The molecule has 4 heterocycles. The Hall–Kier alpha value is -2.11. The van der Waals surface area contributed by atoms with Crippen LogP contribution < -0.4 is 0 Å². The topological polar surface area (TPSA) is 61.3 Å². The van der Waals surface area contributed by atoms with Crippen LogP contribution in [0.2, 0.25) is 10.3 Å². The van der Waals surface area contributed by atoms with Crippen molar-refractivity contribution in [3.63, 3.8) is 0 Å². The van der Waals surface area contributed by atoms with E-state index in [0.29, 0.717) is 33.7 Å². The van der Waals surface area contributed by atoms with Gasteiger partial charge in [-0.25, -0.2) is 14.8 Å². The minimum Gasteiger partial charge on any atom is -0.481 e. The van der Waals surface area contributed by atoms with Gasteiger partial charge < -0.3 is 9.47 Å².